The summed E-state index contributed by atoms with van der Waals surface area (Å²) >= 11 is 0. The minimum Gasteiger partial charge on any atom is -0.390 e. The van der Waals surface area contributed by atoms with E-state index in [9.17, 15) is 14.7 Å². The Bertz CT molecular complexity index is 372. The fraction of sp³-hybridized carbons (Fsp3) is 0.857. The number of urea groups is 1. The third-order valence-electron chi connectivity index (χ3n) is 3.59. The molecule has 0 aromatic rings. The summed E-state index contributed by atoms with van der Waals surface area (Å²) in [6.07, 6.45) is -0.747. The first-order valence-electron chi connectivity index (χ1n) is 7.14. The molecule has 0 spiro atoms. The van der Waals surface area contributed by atoms with Gasteiger partial charge in [-0.3, -0.25) is 14.6 Å². The highest BCUT2D eigenvalue weighted by molar-refractivity contribution is 6.06. The van der Waals surface area contributed by atoms with Crippen molar-refractivity contribution < 1.29 is 14.7 Å². The van der Waals surface area contributed by atoms with Crippen LogP contribution in [0.25, 0.3) is 0 Å². The summed E-state index contributed by atoms with van der Waals surface area (Å²) in [4.78, 5) is 27.0. The van der Waals surface area contributed by atoms with Gasteiger partial charge in [0, 0.05) is 18.6 Å². The van der Waals surface area contributed by atoms with E-state index in [0.29, 0.717) is 18.6 Å². The summed E-state index contributed by atoms with van der Waals surface area (Å²) in [7, 11) is 0. The molecule has 0 aromatic carbocycles. The highest BCUT2D eigenvalue weighted by Crippen LogP contribution is 2.17. The summed E-state index contributed by atoms with van der Waals surface area (Å²) in [6.45, 7) is 12.0. The lowest BCUT2D eigenvalue weighted by atomic mass is 10.1. The van der Waals surface area contributed by atoms with Crippen LogP contribution in [0.2, 0.25) is 0 Å². The molecule has 0 radical (unpaired) electrons. The third kappa shape index (κ3) is 3.70. The van der Waals surface area contributed by atoms with Gasteiger partial charge >= 0.3 is 6.03 Å². The third-order valence-corrected chi connectivity index (χ3v) is 3.59. The van der Waals surface area contributed by atoms with Crippen molar-refractivity contribution in [1.82, 2.24) is 15.1 Å². The Balaban J connectivity index is 2.65. The van der Waals surface area contributed by atoms with Gasteiger partial charge in [-0.1, -0.05) is 0 Å². The first-order valence-corrected chi connectivity index (χ1v) is 7.14. The second kappa shape index (κ2) is 6.10. The number of carbonyl (C=O) groups excluding carboxylic acids is 2. The Labute approximate surface area is 121 Å². The summed E-state index contributed by atoms with van der Waals surface area (Å²) in [5.74, 6) is -0.290. The van der Waals surface area contributed by atoms with Crippen molar-refractivity contribution in [2.75, 3.05) is 13.1 Å². The van der Waals surface area contributed by atoms with Gasteiger partial charge in [-0.25, -0.2) is 4.79 Å². The van der Waals surface area contributed by atoms with Crippen LogP contribution in [0.15, 0.2) is 0 Å². The zero-order valence-electron chi connectivity index (χ0n) is 13.3. The smallest absolute Gasteiger partial charge is 0.325 e. The zero-order chi connectivity index (χ0) is 15.7. The van der Waals surface area contributed by atoms with Crippen LogP contribution >= 0.6 is 0 Å². The van der Waals surface area contributed by atoms with Crippen molar-refractivity contribution in [2.45, 2.75) is 65.3 Å². The van der Waals surface area contributed by atoms with Gasteiger partial charge in [-0.2, -0.15) is 0 Å². The number of carbonyl (C=O) groups is 2. The number of rotatable bonds is 6. The topological polar surface area (TPSA) is 72.9 Å². The maximum atomic E-state index is 12.0. The van der Waals surface area contributed by atoms with Gasteiger partial charge in [0.05, 0.1) is 12.6 Å². The monoisotopic (exact) mass is 285 g/mol. The Morgan fingerprint density at radius 3 is 2.05 bits per heavy atom. The molecule has 1 saturated heterocycles. The van der Waals surface area contributed by atoms with Gasteiger partial charge in [-0.05, 0) is 41.5 Å². The molecule has 0 unspecified atom stereocenters. The standard InChI is InChI=1S/C14H27N3O3/c1-9(2)16(10(3)4)7-11(18)8-17-12(19)14(5,6)15-13(17)20/h9-11,18H,7-8H2,1-6H3,(H,15,20)/t11-/m0/s1. The first kappa shape index (κ1) is 16.9. The normalized spacial score (nSPS) is 20.2. The van der Waals surface area contributed by atoms with E-state index in [1.54, 1.807) is 13.8 Å². The molecule has 6 nitrogen and oxygen atoms in total. The minimum atomic E-state index is -0.882. The Morgan fingerprint density at radius 2 is 1.70 bits per heavy atom. The van der Waals surface area contributed by atoms with E-state index in [-0.39, 0.29) is 12.5 Å². The lowest BCUT2D eigenvalue weighted by Gasteiger charge is -2.33. The van der Waals surface area contributed by atoms with Crippen LogP contribution in [0.1, 0.15) is 41.5 Å². The van der Waals surface area contributed by atoms with Gasteiger partial charge in [0.25, 0.3) is 5.91 Å². The molecular weight excluding hydrogens is 258 g/mol. The molecule has 20 heavy (non-hydrogen) atoms. The number of β-amino-alcohol motifs (C(OH)–C–C–N with tert-alkyl or cyclic N) is 1. The second-order valence-corrected chi connectivity index (χ2v) is 6.51. The summed E-state index contributed by atoms with van der Waals surface area (Å²) in [5.41, 5.74) is -0.882. The van der Waals surface area contributed by atoms with Crippen molar-refractivity contribution in [3.8, 4) is 0 Å². The fourth-order valence-electron chi connectivity index (χ4n) is 2.51. The largest absolute Gasteiger partial charge is 0.390 e. The molecule has 6 heteroatoms. The van der Waals surface area contributed by atoms with Crippen LogP contribution in [0.5, 0.6) is 0 Å². The zero-order valence-corrected chi connectivity index (χ0v) is 13.3. The number of hydrogen-bond donors (Lipinski definition) is 2. The molecule has 3 amide bonds. The molecule has 1 fully saturated rings. The van der Waals surface area contributed by atoms with Gasteiger partial charge in [-0.15, -0.1) is 0 Å². The van der Waals surface area contributed by atoms with Crippen LogP contribution < -0.4 is 5.32 Å². The molecule has 1 aliphatic rings. The van der Waals surface area contributed by atoms with Crippen LogP contribution in [-0.4, -0.2) is 63.7 Å². The summed E-state index contributed by atoms with van der Waals surface area (Å²) in [5, 5.41) is 12.8. The summed E-state index contributed by atoms with van der Waals surface area (Å²) in [6, 6.07) is 0.160. The SMILES string of the molecule is CC(C)N(C[C@H](O)CN1C(=O)NC(C)(C)C1=O)C(C)C. The Kier molecular flexibility index (Phi) is 5.15. The predicted molar refractivity (Wildman–Crippen MR) is 77.3 cm³/mol. The second-order valence-electron chi connectivity index (χ2n) is 6.51. The fourth-order valence-corrected chi connectivity index (χ4v) is 2.51. The number of aliphatic hydroxyl groups excluding tert-OH is 1. The number of nitrogens with zero attached hydrogens (tertiary/aromatic N) is 2. The molecule has 1 rings (SSSR count). The quantitative estimate of drug-likeness (QED) is 0.708. The van der Waals surface area contributed by atoms with Gasteiger partial charge < -0.3 is 10.4 Å². The Hall–Kier alpha value is -1.14. The lowest BCUT2D eigenvalue weighted by Crippen LogP contribution is -2.47. The van der Waals surface area contributed by atoms with Crippen molar-refractivity contribution in [1.29, 1.82) is 0 Å². The van der Waals surface area contributed by atoms with Gasteiger partial charge in [0.15, 0.2) is 0 Å². The molecule has 0 saturated carbocycles. The van der Waals surface area contributed by atoms with Crippen LogP contribution in [0.4, 0.5) is 4.79 Å². The van der Waals surface area contributed by atoms with E-state index in [1.807, 2.05) is 0 Å². The van der Waals surface area contributed by atoms with Crippen LogP contribution in [0, 0.1) is 0 Å². The van der Waals surface area contributed by atoms with E-state index < -0.39 is 17.7 Å². The molecule has 0 bridgehead atoms. The minimum absolute atomic E-state index is 0.0318. The van der Waals surface area contributed by atoms with E-state index >= 15 is 0 Å². The van der Waals surface area contributed by atoms with E-state index in [0.717, 1.165) is 4.90 Å². The average molecular weight is 285 g/mol. The average Bonchev–Trinajstić information content (AvgIpc) is 2.47. The maximum absolute atomic E-state index is 12.0. The van der Waals surface area contributed by atoms with Crippen LogP contribution in [0.3, 0.4) is 0 Å². The number of imide groups is 1. The number of aliphatic hydroxyl groups is 1. The van der Waals surface area contributed by atoms with E-state index in [1.165, 1.54) is 0 Å². The maximum Gasteiger partial charge on any atom is 0.325 e. The number of hydrogen-bond acceptors (Lipinski definition) is 4. The first-order chi connectivity index (χ1) is 9.06. The van der Waals surface area contributed by atoms with E-state index in [4.69, 9.17) is 0 Å². The van der Waals surface area contributed by atoms with Gasteiger partial charge in [0.1, 0.15) is 5.54 Å². The molecule has 1 aliphatic heterocycles. The van der Waals surface area contributed by atoms with Crippen molar-refractivity contribution in [3.05, 3.63) is 0 Å². The molecule has 2 N–H and O–H groups in total. The molecule has 1 heterocycles. The highest BCUT2D eigenvalue weighted by Gasteiger charge is 2.44. The van der Waals surface area contributed by atoms with E-state index in [2.05, 4.69) is 37.9 Å². The molecule has 116 valence electrons. The summed E-state index contributed by atoms with van der Waals surface area (Å²) < 4.78 is 0. The Morgan fingerprint density at radius 1 is 1.20 bits per heavy atom. The number of amides is 3. The van der Waals surface area contributed by atoms with Crippen molar-refractivity contribution in [3.63, 3.8) is 0 Å². The molecular formula is C14H27N3O3. The van der Waals surface area contributed by atoms with Gasteiger partial charge in [0.2, 0.25) is 0 Å². The molecule has 1 atom stereocenters. The predicted octanol–water partition coefficient (Wildman–Crippen LogP) is 0.796. The molecule has 0 aliphatic carbocycles. The number of nitrogens with one attached hydrogen (secondary N) is 1. The van der Waals surface area contributed by atoms with Crippen molar-refractivity contribution >= 4 is 11.9 Å². The van der Waals surface area contributed by atoms with Crippen molar-refractivity contribution in [2.24, 2.45) is 0 Å². The highest BCUT2D eigenvalue weighted by atomic mass is 16.3. The molecule has 0 aromatic heterocycles. The lowest BCUT2D eigenvalue weighted by molar-refractivity contribution is -0.131. The van der Waals surface area contributed by atoms with Crippen LogP contribution in [-0.2, 0) is 4.79 Å².